The summed E-state index contributed by atoms with van der Waals surface area (Å²) in [6.45, 7) is 3.41. The summed E-state index contributed by atoms with van der Waals surface area (Å²) < 4.78 is 4.72. The highest BCUT2D eigenvalue weighted by atomic mass is 16.5. The fraction of sp³-hybridized carbons (Fsp3) is 0.429. The van der Waals surface area contributed by atoms with E-state index < -0.39 is 11.9 Å². The van der Waals surface area contributed by atoms with Crippen molar-refractivity contribution < 1.29 is 14.3 Å². The summed E-state index contributed by atoms with van der Waals surface area (Å²) in [6.07, 6.45) is 0.726. The third-order valence-corrected chi connectivity index (χ3v) is 2.96. The molecule has 0 aliphatic heterocycles. The number of ether oxygens (including phenoxy) is 1. The minimum absolute atomic E-state index is 0.110. The van der Waals surface area contributed by atoms with Gasteiger partial charge in [-0.3, -0.25) is 9.59 Å². The molecule has 0 heterocycles. The van der Waals surface area contributed by atoms with E-state index in [4.69, 9.17) is 4.74 Å². The van der Waals surface area contributed by atoms with E-state index in [0.717, 1.165) is 12.0 Å². The van der Waals surface area contributed by atoms with Gasteiger partial charge in [-0.25, -0.2) is 0 Å². The van der Waals surface area contributed by atoms with Gasteiger partial charge < -0.3 is 4.74 Å². The highest BCUT2D eigenvalue weighted by Gasteiger charge is 2.32. The molecule has 0 aliphatic carbocycles. The van der Waals surface area contributed by atoms with Crippen LogP contribution in [-0.2, 0) is 14.3 Å². The lowest BCUT2D eigenvalue weighted by atomic mass is 9.82. The Hall–Kier alpha value is -1.64. The number of rotatable bonds is 5. The zero-order chi connectivity index (χ0) is 12.8. The molecule has 2 atom stereocenters. The van der Waals surface area contributed by atoms with Crippen LogP contribution in [0.5, 0.6) is 0 Å². The molecule has 0 amide bonds. The summed E-state index contributed by atoms with van der Waals surface area (Å²) in [5.41, 5.74) is 1.00. The minimum Gasteiger partial charge on any atom is -0.468 e. The number of esters is 1. The average Bonchev–Trinajstić information content (AvgIpc) is 2.35. The van der Waals surface area contributed by atoms with Crippen molar-refractivity contribution in [1.82, 2.24) is 0 Å². The van der Waals surface area contributed by atoms with Gasteiger partial charge in [0.05, 0.1) is 7.11 Å². The minimum atomic E-state index is -0.701. The van der Waals surface area contributed by atoms with E-state index in [-0.39, 0.29) is 11.7 Å². The first-order chi connectivity index (χ1) is 8.11. The van der Waals surface area contributed by atoms with Crippen LogP contribution in [0.15, 0.2) is 30.3 Å². The number of methoxy groups -OCH3 is 1. The molecule has 3 heteroatoms. The molecule has 92 valence electrons. The summed E-state index contributed by atoms with van der Waals surface area (Å²) in [7, 11) is 1.32. The average molecular weight is 234 g/mol. The summed E-state index contributed by atoms with van der Waals surface area (Å²) >= 11 is 0. The molecular formula is C14H18O3. The number of hydrogen-bond acceptors (Lipinski definition) is 3. The van der Waals surface area contributed by atoms with Crippen molar-refractivity contribution >= 4 is 11.8 Å². The number of Topliss-reactive ketones (excluding diaryl/α,β-unsaturated/α-hetero) is 1. The quantitative estimate of drug-likeness (QED) is 0.581. The second kappa shape index (κ2) is 6.18. The van der Waals surface area contributed by atoms with Crippen LogP contribution < -0.4 is 0 Å². The molecule has 0 aliphatic rings. The van der Waals surface area contributed by atoms with Crippen molar-refractivity contribution in [2.75, 3.05) is 7.11 Å². The maximum Gasteiger partial charge on any atom is 0.316 e. The summed E-state index contributed by atoms with van der Waals surface area (Å²) in [4.78, 5) is 23.3. The van der Waals surface area contributed by atoms with Crippen molar-refractivity contribution in [2.45, 2.75) is 26.2 Å². The van der Waals surface area contributed by atoms with Crippen LogP contribution in [0.4, 0.5) is 0 Å². The molecule has 17 heavy (non-hydrogen) atoms. The largest absolute Gasteiger partial charge is 0.468 e. The van der Waals surface area contributed by atoms with Gasteiger partial charge in [0, 0.05) is 5.92 Å². The van der Waals surface area contributed by atoms with Gasteiger partial charge in [0.15, 0.2) is 0 Å². The summed E-state index contributed by atoms with van der Waals surface area (Å²) in [6, 6.07) is 9.61. The first-order valence-electron chi connectivity index (χ1n) is 5.75. The number of benzene rings is 1. The maximum atomic E-state index is 11.7. The predicted molar refractivity (Wildman–Crippen MR) is 65.7 cm³/mol. The number of carbonyl (C=O) groups is 2. The molecule has 0 spiro atoms. The zero-order valence-corrected chi connectivity index (χ0v) is 10.5. The van der Waals surface area contributed by atoms with Crippen LogP contribution in [0.3, 0.4) is 0 Å². The Morgan fingerprint density at radius 2 is 1.82 bits per heavy atom. The van der Waals surface area contributed by atoms with E-state index in [2.05, 4.69) is 0 Å². The van der Waals surface area contributed by atoms with Crippen molar-refractivity contribution in [3.8, 4) is 0 Å². The highest BCUT2D eigenvalue weighted by molar-refractivity contribution is 5.98. The Labute approximate surface area is 102 Å². The lowest BCUT2D eigenvalue weighted by Crippen LogP contribution is -2.29. The SMILES string of the molecule is CC[C@@H](c1ccccc1)[C@H](C(C)=O)C(=O)OC. The fourth-order valence-corrected chi connectivity index (χ4v) is 2.10. The molecule has 1 aromatic carbocycles. The van der Waals surface area contributed by atoms with E-state index in [1.807, 2.05) is 37.3 Å². The Balaban J connectivity index is 3.06. The monoisotopic (exact) mass is 234 g/mol. The smallest absolute Gasteiger partial charge is 0.316 e. The Bertz CT molecular complexity index is 384. The maximum absolute atomic E-state index is 11.7. The molecular weight excluding hydrogens is 216 g/mol. The highest BCUT2D eigenvalue weighted by Crippen LogP contribution is 2.29. The lowest BCUT2D eigenvalue weighted by molar-refractivity contribution is -0.149. The molecule has 0 saturated heterocycles. The normalized spacial score (nSPS) is 13.8. The topological polar surface area (TPSA) is 43.4 Å². The molecule has 1 aromatic rings. The van der Waals surface area contributed by atoms with Gasteiger partial charge in [0.2, 0.25) is 0 Å². The standard InChI is InChI=1S/C14H18O3/c1-4-12(11-8-6-5-7-9-11)13(10(2)15)14(16)17-3/h5-9,12-13H,4H2,1-3H3/t12-,13-/m0/s1. The fourth-order valence-electron chi connectivity index (χ4n) is 2.10. The second-order valence-corrected chi connectivity index (χ2v) is 4.04. The van der Waals surface area contributed by atoms with Crippen LogP contribution in [0.25, 0.3) is 0 Å². The van der Waals surface area contributed by atoms with Gasteiger partial charge in [-0.1, -0.05) is 37.3 Å². The molecule has 0 bridgehead atoms. The van der Waals surface area contributed by atoms with E-state index in [9.17, 15) is 9.59 Å². The molecule has 0 fully saturated rings. The Kier molecular flexibility index (Phi) is 4.88. The van der Waals surface area contributed by atoms with E-state index >= 15 is 0 Å². The molecule has 0 radical (unpaired) electrons. The van der Waals surface area contributed by atoms with Crippen molar-refractivity contribution in [3.63, 3.8) is 0 Å². The van der Waals surface area contributed by atoms with Crippen LogP contribution >= 0.6 is 0 Å². The first kappa shape index (κ1) is 13.4. The molecule has 0 N–H and O–H groups in total. The van der Waals surface area contributed by atoms with Crippen LogP contribution in [-0.4, -0.2) is 18.9 Å². The predicted octanol–water partition coefficient (Wildman–Crippen LogP) is 2.56. The van der Waals surface area contributed by atoms with Crippen LogP contribution in [0, 0.1) is 5.92 Å². The Morgan fingerprint density at radius 3 is 2.24 bits per heavy atom. The van der Waals surface area contributed by atoms with E-state index in [1.165, 1.54) is 14.0 Å². The van der Waals surface area contributed by atoms with Gasteiger partial charge >= 0.3 is 5.97 Å². The molecule has 0 unspecified atom stereocenters. The van der Waals surface area contributed by atoms with Gasteiger partial charge in [0.1, 0.15) is 11.7 Å². The van der Waals surface area contributed by atoms with Crippen LogP contribution in [0.1, 0.15) is 31.7 Å². The van der Waals surface area contributed by atoms with Crippen molar-refractivity contribution in [2.24, 2.45) is 5.92 Å². The molecule has 0 aromatic heterocycles. The third kappa shape index (κ3) is 3.16. The first-order valence-corrected chi connectivity index (χ1v) is 5.75. The third-order valence-electron chi connectivity index (χ3n) is 2.96. The van der Waals surface area contributed by atoms with Gasteiger partial charge in [-0.05, 0) is 18.9 Å². The zero-order valence-electron chi connectivity index (χ0n) is 10.5. The second-order valence-electron chi connectivity index (χ2n) is 4.04. The lowest BCUT2D eigenvalue weighted by Gasteiger charge is -2.22. The summed E-state index contributed by atoms with van der Waals surface area (Å²) in [5.74, 6) is -1.41. The molecule has 0 saturated carbocycles. The van der Waals surface area contributed by atoms with E-state index in [1.54, 1.807) is 0 Å². The van der Waals surface area contributed by atoms with Crippen molar-refractivity contribution in [1.29, 1.82) is 0 Å². The summed E-state index contributed by atoms with van der Waals surface area (Å²) in [5, 5.41) is 0. The molecule has 1 rings (SSSR count). The van der Waals surface area contributed by atoms with E-state index in [0.29, 0.717) is 0 Å². The van der Waals surface area contributed by atoms with Gasteiger partial charge in [-0.15, -0.1) is 0 Å². The van der Waals surface area contributed by atoms with Crippen LogP contribution in [0.2, 0.25) is 0 Å². The Morgan fingerprint density at radius 1 is 1.24 bits per heavy atom. The van der Waals surface area contributed by atoms with Gasteiger partial charge in [0.25, 0.3) is 0 Å². The number of carbonyl (C=O) groups excluding carboxylic acids is 2. The number of ketones is 1. The van der Waals surface area contributed by atoms with Crippen molar-refractivity contribution in [3.05, 3.63) is 35.9 Å². The number of hydrogen-bond donors (Lipinski definition) is 0. The molecule has 3 nitrogen and oxygen atoms in total. The van der Waals surface area contributed by atoms with Gasteiger partial charge in [-0.2, -0.15) is 0 Å².